The van der Waals surface area contributed by atoms with Gasteiger partial charge in [0.2, 0.25) is 0 Å². The van der Waals surface area contributed by atoms with Gasteiger partial charge in [-0.05, 0) is 12.1 Å². The SMILES string of the molecule is O=c1[nH]ccn1Cc1c(Cl)cc(Cl)cc1Cl. The summed E-state index contributed by atoms with van der Waals surface area (Å²) in [6.07, 6.45) is 3.18. The van der Waals surface area contributed by atoms with Crippen LogP contribution in [0.1, 0.15) is 5.56 Å². The summed E-state index contributed by atoms with van der Waals surface area (Å²) in [5.74, 6) is 0. The number of imidazole rings is 1. The Hall–Kier alpha value is -0.900. The molecule has 0 aliphatic heterocycles. The fraction of sp³-hybridized carbons (Fsp3) is 0.100. The lowest BCUT2D eigenvalue weighted by Gasteiger charge is -2.07. The van der Waals surface area contributed by atoms with Gasteiger partial charge in [0.25, 0.3) is 0 Å². The Morgan fingerprint density at radius 3 is 2.31 bits per heavy atom. The van der Waals surface area contributed by atoms with E-state index in [0.717, 1.165) is 0 Å². The summed E-state index contributed by atoms with van der Waals surface area (Å²) < 4.78 is 1.47. The molecule has 0 saturated heterocycles. The van der Waals surface area contributed by atoms with Crippen LogP contribution in [0.3, 0.4) is 0 Å². The number of hydrogen-bond donors (Lipinski definition) is 1. The van der Waals surface area contributed by atoms with Gasteiger partial charge in [-0.15, -0.1) is 0 Å². The highest BCUT2D eigenvalue weighted by Gasteiger charge is 2.09. The van der Waals surface area contributed by atoms with E-state index in [9.17, 15) is 4.79 Å². The smallest absolute Gasteiger partial charge is 0.313 e. The molecule has 84 valence electrons. The highest BCUT2D eigenvalue weighted by Crippen LogP contribution is 2.29. The molecule has 3 nitrogen and oxygen atoms in total. The van der Waals surface area contributed by atoms with Crippen molar-refractivity contribution >= 4 is 34.8 Å². The second-order valence-corrected chi connectivity index (χ2v) is 4.49. The van der Waals surface area contributed by atoms with Gasteiger partial charge in [-0.25, -0.2) is 4.79 Å². The number of aromatic nitrogens is 2. The van der Waals surface area contributed by atoms with Crippen LogP contribution in [-0.4, -0.2) is 9.55 Å². The third kappa shape index (κ3) is 2.26. The van der Waals surface area contributed by atoms with Gasteiger partial charge in [0.05, 0.1) is 6.54 Å². The predicted octanol–water partition coefficient (Wildman–Crippen LogP) is 3.18. The topological polar surface area (TPSA) is 37.8 Å². The highest BCUT2D eigenvalue weighted by atomic mass is 35.5. The maximum absolute atomic E-state index is 11.3. The molecule has 0 saturated carbocycles. The molecule has 0 fully saturated rings. The molecule has 2 rings (SSSR count). The van der Waals surface area contributed by atoms with E-state index in [4.69, 9.17) is 34.8 Å². The van der Waals surface area contributed by atoms with Crippen molar-refractivity contribution in [3.05, 3.63) is 55.6 Å². The molecular weight excluding hydrogens is 270 g/mol. The summed E-state index contributed by atoms with van der Waals surface area (Å²) in [5, 5.41) is 1.37. The maximum atomic E-state index is 11.3. The van der Waals surface area contributed by atoms with E-state index in [0.29, 0.717) is 27.2 Å². The Morgan fingerprint density at radius 1 is 1.19 bits per heavy atom. The van der Waals surface area contributed by atoms with Crippen molar-refractivity contribution in [1.29, 1.82) is 0 Å². The number of H-pyrrole nitrogens is 1. The van der Waals surface area contributed by atoms with E-state index in [1.807, 2.05) is 0 Å². The second-order valence-electron chi connectivity index (χ2n) is 3.24. The van der Waals surface area contributed by atoms with E-state index < -0.39 is 0 Å². The Balaban J connectivity index is 2.43. The van der Waals surface area contributed by atoms with E-state index >= 15 is 0 Å². The van der Waals surface area contributed by atoms with Gasteiger partial charge < -0.3 is 4.98 Å². The van der Waals surface area contributed by atoms with Crippen molar-refractivity contribution in [2.75, 3.05) is 0 Å². The lowest BCUT2D eigenvalue weighted by atomic mass is 10.2. The van der Waals surface area contributed by atoms with Crippen LogP contribution in [0.2, 0.25) is 15.1 Å². The van der Waals surface area contributed by atoms with Gasteiger partial charge in [-0.3, -0.25) is 4.57 Å². The monoisotopic (exact) mass is 276 g/mol. The number of benzene rings is 1. The fourth-order valence-corrected chi connectivity index (χ4v) is 2.30. The molecule has 0 unspecified atom stereocenters. The molecule has 0 atom stereocenters. The lowest BCUT2D eigenvalue weighted by Crippen LogP contribution is -2.17. The Bertz CT molecular complexity index is 550. The predicted molar refractivity (Wildman–Crippen MR) is 65.6 cm³/mol. The highest BCUT2D eigenvalue weighted by molar-refractivity contribution is 6.39. The third-order valence-corrected chi connectivity index (χ3v) is 3.05. The molecular formula is C10H7Cl3N2O. The quantitative estimate of drug-likeness (QED) is 0.899. The molecule has 0 bridgehead atoms. The molecule has 1 heterocycles. The molecule has 1 N–H and O–H groups in total. The van der Waals surface area contributed by atoms with Crippen LogP contribution in [0, 0.1) is 0 Å². The van der Waals surface area contributed by atoms with Crippen molar-refractivity contribution in [3.63, 3.8) is 0 Å². The number of rotatable bonds is 2. The summed E-state index contributed by atoms with van der Waals surface area (Å²) in [7, 11) is 0. The number of aromatic amines is 1. The van der Waals surface area contributed by atoms with Crippen LogP contribution < -0.4 is 5.69 Å². The molecule has 0 amide bonds. The van der Waals surface area contributed by atoms with E-state index in [1.54, 1.807) is 24.5 Å². The van der Waals surface area contributed by atoms with Gasteiger partial charge in [0.1, 0.15) is 0 Å². The first kappa shape index (κ1) is 11.6. The standard InChI is InChI=1S/C10H7Cl3N2O/c11-6-3-8(12)7(9(13)4-6)5-15-2-1-14-10(15)16/h1-4H,5H2,(H,14,16). The summed E-state index contributed by atoms with van der Waals surface area (Å²) in [4.78, 5) is 13.8. The van der Waals surface area contributed by atoms with Crippen molar-refractivity contribution in [2.45, 2.75) is 6.54 Å². The Kier molecular flexibility index (Phi) is 3.28. The van der Waals surface area contributed by atoms with E-state index in [1.165, 1.54) is 4.57 Å². The summed E-state index contributed by atoms with van der Waals surface area (Å²) >= 11 is 17.8. The van der Waals surface area contributed by atoms with Gasteiger partial charge in [0.15, 0.2) is 0 Å². The minimum atomic E-state index is -0.206. The van der Waals surface area contributed by atoms with Crippen LogP contribution in [0.15, 0.2) is 29.3 Å². The zero-order valence-corrected chi connectivity index (χ0v) is 10.3. The second kappa shape index (κ2) is 4.53. The number of halogens is 3. The first-order chi connectivity index (χ1) is 7.58. The average molecular weight is 278 g/mol. The maximum Gasteiger partial charge on any atom is 0.325 e. The molecule has 1 aromatic heterocycles. The van der Waals surface area contributed by atoms with Gasteiger partial charge in [-0.2, -0.15) is 0 Å². The van der Waals surface area contributed by atoms with E-state index in [-0.39, 0.29) is 5.69 Å². The largest absolute Gasteiger partial charge is 0.325 e. The Labute approximate surface area is 107 Å². The first-order valence-corrected chi connectivity index (χ1v) is 5.58. The summed E-state index contributed by atoms with van der Waals surface area (Å²) in [5.41, 5.74) is 0.469. The Morgan fingerprint density at radius 2 is 1.81 bits per heavy atom. The van der Waals surface area contributed by atoms with Crippen LogP contribution in [-0.2, 0) is 6.54 Å². The molecule has 6 heteroatoms. The van der Waals surface area contributed by atoms with Crippen LogP contribution in [0.5, 0.6) is 0 Å². The van der Waals surface area contributed by atoms with Gasteiger partial charge in [0, 0.05) is 33.0 Å². The zero-order valence-electron chi connectivity index (χ0n) is 8.01. The molecule has 2 aromatic rings. The third-order valence-electron chi connectivity index (χ3n) is 2.16. The van der Waals surface area contributed by atoms with E-state index in [2.05, 4.69) is 4.98 Å². The van der Waals surface area contributed by atoms with Crippen molar-refractivity contribution in [1.82, 2.24) is 9.55 Å². The number of hydrogen-bond acceptors (Lipinski definition) is 1. The van der Waals surface area contributed by atoms with Gasteiger partial charge in [-0.1, -0.05) is 34.8 Å². The zero-order chi connectivity index (χ0) is 11.7. The minimum absolute atomic E-state index is 0.206. The van der Waals surface area contributed by atoms with Crippen molar-refractivity contribution < 1.29 is 0 Å². The lowest BCUT2D eigenvalue weighted by molar-refractivity contribution is 0.762. The normalized spacial score (nSPS) is 10.7. The van der Waals surface area contributed by atoms with Crippen LogP contribution in [0.4, 0.5) is 0 Å². The number of nitrogens with one attached hydrogen (secondary N) is 1. The molecule has 0 aliphatic carbocycles. The molecule has 0 radical (unpaired) electrons. The fourth-order valence-electron chi connectivity index (χ4n) is 1.37. The molecule has 0 spiro atoms. The van der Waals surface area contributed by atoms with Crippen molar-refractivity contribution in [2.24, 2.45) is 0 Å². The number of nitrogens with zero attached hydrogens (tertiary/aromatic N) is 1. The first-order valence-electron chi connectivity index (χ1n) is 4.45. The van der Waals surface area contributed by atoms with Crippen LogP contribution in [0.25, 0.3) is 0 Å². The minimum Gasteiger partial charge on any atom is -0.313 e. The molecule has 0 aliphatic rings. The summed E-state index contributed by atoms with van der Waals surface area (Å²) in [6.45, 7) is 0.317. The van der Waals surface area contributed by atoms with Crippen molar-refractivity contribution in [3.8, 4) is 0 Å². The molecule has 1 aromatic carbocycles. The average Bonchev–Trinajstić information content (AvgIpc) is 2.57. The van der Waals surface area contributed by atoms with Gasteiger partial charge >= 0.3 is 5.69 Å². The van der Waals surface area contributed by atoms with Crippen LogP contribution >= 0.6 is 34.8 Å². The summed E-state index contributed by atoms with van der Waals surface area (Å²) in [6, 6.07) is 3.20. The molecule has 16 heavy (non-hydrogen) atoms.